The molecule has 0 N–H and O–H groups in total. The van der Waals surface area contributed by atoms with Crippen molar-refractivity contribution in [3.63, 3.8) is 0 Å². The van der Waals surface area contributed by atoms with Crippen LogP contribution in [-0.2, 0) is 20.1 Å². The Labute approximate surface area is 294 Å². The van der Waals surface area contributed by atoms with Crippen LogP contribution in [0.4, 0.5) is 0 Å². The van der Waals surface area contributed by atoms with Crippen LogP contribution in [0.2, 0.25) is 17.3 Å². The first-order valence-electron chi connectivity index (χ1n) is 16.2. The molecular formula is C43H42GeIrN. The number of pyridine rings is 1. The Morgan fingerprint density at radius 3 is 1.89 bits per heavy atom. The van der Waals surface area contributed by atoms with Gasteiger partial charge in [0.05, 0.1) is 0 Å². The van der Waals surface area contributed by atoms with Gasteiger partial charge in [0.1, 0.15) is 0 Å². The maximum Gasteiger partial charge on any atom is 3.00 e. The van der Waals surface area contributed by atoms with Gasteiger partial charge in [-0.15, -0.1) is 17.7 Å². The Morgan fingerprint density at radius 1 is 0.609 bits per heavy atom. The smallest absolute Gasteiger partial charge is 0.226 e. The second-order valence-electron chi connectivity index (χ2n) is 12.7. The van der Waals surface area contributed by atoms with E-state index in [2.05, 4.69) is 98.0 Å². The maximum absolute atomic E-state index is 8.74. The van der Waals surface area contributed by atoms with E-state index >= 15 is 0 Å². The zero-order valence-corrected chi connectivity index (χ0v) is 32.1. The molecule has 6 aromatic rings. The molecule has 0 aliphatic rings. The van der Waals surface area contributed by atoms with E-state index in [0.717, 1.165) is 33.5 Å². The van der Waals surface area contributed by atoms with Gasteiger partial charge in [-0.25, -0.2) is 11.1 Å². The summed E-state index contributed by atoms with van der Waals surface area (Å²) in [5.41, 5.74) is 9.90. The number of nitrogens with zero attached hydrogens (tertiary/aromatic N) is 1. The number of benzene rings is 5. The molecule has 46 heavy (non-hydrogen) atoms. The van der Waals surface area contributed by atoms with Crippen LogP contribution in [-0.4, -0.2) is 18.3 Å². The van der Waals surface area contributed by atoms with E-state index in [1.54, 1.807) is 0 Å². The minimum atomic E-state index is -1.93. The largest absolute Gasteiger partial charge is 3.00 e. The fourth-order valence-corrected chi connectivity index (χ4v) is 8.94. The molecule has 0 aliphatic carbocycles. The van der Waals surface area contributed by atoms with Gasteiger partial charge < -0.3 is 0 Å². The topological polar surface area (TPSA) is 12.9 Å². The molecule has 0 saturated heterocycles. The zero-order valence-electron chi connectivity index (χ0n) is 28.6. The van der Waals surface area contributed by atoms with Crippen molar-refractivity contribution in [1.82, 2.24) is 4.98 Å². The number of rotatable bonds is 7. The zero-order chi connectivity index (χ0) is 32.7. The van der Waals surface area contributed by atoms with Crippen molar-refractivity contribution in [2.24, 2.45) is 0 Å². The molecule has 1 nitrogen and oxygen atoms in total. The fourth-order valence-electron chi connectivity index (χ4n) is 5.42. The van der Waals surface area contributed by atoms with Crippen molar-refractivity contribution < 1.29 is 21.5 Å². The third-order valence-corrected chi connectivity index (χ3v) is 12.3. The molecule has 0 radical (unpaired) electrons. The summed E-state index contributed by atoms with van der Waals surface area (Å²) in [5, 5.41) is 0. The normalized spacial score (nSPS) is 12.6. The monoisotopic (exact) mass is 840 g/mol. The van der Waals surface area contributed by atoms with E-state index < -0.39 is 19.2 Å². The first kappa shape index (κ1) is 33.8. The summed E-state index contributed by atoms with van der Waals surface area (Å²) in [7, 11) is 0. The molecule has 0 spiro atoms. The summed E-state index contributed by atoms with van der Waals surface area (Å²) in [6.45, 7) is 6.48. The molecule has 0 bridgehead atoms. The Bertz CT molecular complexity index is 1860. The molecule has 5 aromatic carbocycles. The van der Waals surface area contributed by atoms with E-state index in [0.29, 0.717) is 5.92 Å². The maximum atomic E-state index is 8.74. The molecule has 1 unspecified atom stereocenters. The summed E-state index contributed by atoms with van der Waals surface area (Å²) in [6, 6.07) is 52.6. The quantitative estimate of drug-likeness (QED) is 0.115. The van der Waals surface area contributed by atoms with E-state index in [-0.39, 0.29) is 20.1 Å². The van der Waals surface area contributed by atoms with Crippen LogP contribution in [0.3, 0.4) is 0 Å². The van der Waals surface area contributed by atoms with Crippen molar-refractivity contribution in [1.29, 1.82) is 0 Å². The molecule has 1 heterocycles. The number of hydrogen-bond donors (Lipinski definition) is 0. The Morgan fingerprint density at radius 2 is 1.24 bits per heavy atom. The van der Waals surface area contributed by atoms with Crippen LogP contribution in [0.5, 0.6) is 0 Å². The molecule has 0 amide bonds. The van der Waals surface area contributed by atoms with Gasteiger partial charge in [-0.2, -0.15) is 42.5 Å². The standard InChI is InChI=1S/C23H26GeN.C20H16.Ir/c1-17(2)21-15-23(25-16-22(21)24(3,4)5)20-13-9-12-19(14-20)18-10-7-6-8-11-18;1-16(17-9-4-2-5-10-17)19-13-8-14-20(15-19)18-11-6-3-7-12-18;/h6-12,14-17H,1-5H3;2-11,13,15-16H,1H3;/q-1;-2;+3/i;16D;. The summed E-state index contributed by atoms with van der Waals surface area (Å²) in [6.07, 6.45) is 2.13. The van der Waals surface area contributed by atoms with Crippen LogP contribution in [0.25, 0.3) is 33.5 Å². The van der Waals surface area contributed by atoms with E-state index in [4.69, 9.17) is 6.35 Å². The predicted molar refractivity (Wildman–Crippen MR) is 195 cm³/mol. The van der Waals surface area contributed by atoms with E-state index in [9.17, 15) is 0 Å². The first-order chi connectivity index (χ1) is 22.0. The second-order valence-corrected chi connectivity index (χ2v) is 23.2. The minimum absolute atomic E-state index is 0. The Balaban J connectivity index is 0.000000211. The molecule has 6 rings (SSSR count). The van der Waals surface area contributed by atoms with Gasteiger partial charge in [-0.05, 0) is 11.5 Å². The van der Waals surface area contributed by atoms with Crippen molar-refractivity contribution in [3.8, 4) is 33.5 Å². The average Bonchev–Trinajstić information content (AvgIpc) is 3.09. The van der Waals surface area contributed by atoms with Gasteiger partial charge in [0.25, 0.3) is 0 Å². The van der Waals surface area contributed by atoms with E-state index in [1.807, 2.05) is 91.9 Å². The molecule has 0 saturated carbocycles. The van der Waals surface area contributed by atoms with Crippen LogP contribution in [0, 0.1) is 18.2 Å². The summed E-state index contributed by atoms with van der Waals surface area (Å²) in [5.74, 6) is 7.04. The molecule has 1 atom stereocenters. The Hall–Kier alpha value is -3.56. The summed E-state index contributed by atoms with van der Waals surface area (Å²) in [4.78, 5) is 4.81. The molecule has 232 valence electrons. The van der Waals surface area contributed by atoms with Crippen molar-refractivity contribution in [3.05, 3.63) is 168 Å². The third kappa shape index (κ3) is 9.04. The summed E-state index contributed by atoms with van der Waals surface area (Å²) >= 11 is -1.93. The van der Waals surface area contributed by atoms with Gasteiger partial charge >= 0.3 is 175 Å². The van der Waals surface area contributed by atoms with Crippen molar-refractivity contribution >= 4 is 17.7 Å². The summed E-state index contributed by atoms with van der Waals surface area (Å²) < 4.78 is 10.3. The van der Waals surface area contributed by atoms with Crippen LogP contribution < -0.4 is 4.40 Å². The van der Waals surface area contributed by atoms with Gasteiger partial charge in [-0.3, -0.25) is 0 Å². The molecule has 0 fully saturated rings. The average molecular weight is 839 g/mol. The molecule has 3 heteroatoms. The second kappa shape index (κ2) is 16.3. The SMILES string of the molecule is CC(C)c1cc(-c2[c-]ccc(-c3ccccc3)c2)nc[c]1[Ge]([CH3])([CH3])[CH3].[2H]C(C)(c1ccccc1)c1cc[c-]c(-c2[c-]cccc2)c1.[Ir+3]. The third-order valence-electron chi connectivity index (χ3n) is 7.99. The van der Waals surface area contributed by atoms with Crippen molar-refractivity contribution in [2.75, 3.05) is 0 Å². The molecule has 0 aliphatic heterocycles. The van der Waals surface area contributed by atoms with Gasteiger partial charge in [-0.1, -0.05) is 37.3 Å². The molecular weight excluding hydrogens is 795 g/mol. The fraction of sp³-hybridized carbons (Fsp3) is 0.186. The van der Waals surface area contributed by atoms with E-state index in [1.165, 1.54) is 21.1 Å². The predicted octanol–water partition coefficient (Wildman–Crippen LogP) is 11.0. The molecule has 1 aromatic heterocycles. The first-order valence-corrected chi connectivity index (χ1v) is 23.0. The van der Waals surface area contributed by atoms with Gasteiger partial charge in [0.15, 0.2) is 0 Å². The van der Waals surface area contributed by atoms with Crippen LogP contribution >= 0.6 is 0 Å². The minimum Gasteiger partial charge on any atom is -0.226 e. The van der Waals surface area contributed by atoms with Gasteiger partial charge in [0, 0.05) is 1.37 Å². The number of aromatic nitrogens is 1. The van der Waals surface area contributed by atoms with Crippen LogP contribution in [0.15, 0.2) is 134 Å². The number of hydrogen-bond acceptors (Lipinski definition) is 1. The van der Waals surface area contributed by atoms with Gasteiger partial charge in [0.2, 0.25) is 0 Å². The van der Waals surface area contributed by atoms with Crippen LogP contribution in [0.1, 0.15) is 50.6 Å². The Kier molecular flexibility index (Phi) is 12.0. The van der Waals surface area contributed by atoms with Crippen molar-refractivity contribution in [2.45, 2.75) is 49.9 Å².